The van der Waals surface area contributed by atoms with Crippen molar-refractivity contribution in [2.24, 2.45) is 0 Å². The molecule has 2 rings (SSSR count). The van der Waals surface area contributed by atoms with E-state index in [9.17, 15) is 5.11 Å². The van der Waals surface area contributed by atoms with Crippen molar-refractivity contribution in [1.29, 1.82) is 0 Å². The third kappa shape index (κ3) is 3.36. The molecule has 2 nitrogen and oxygen atoms in total. The Labute approximate surface area is 115 Å². The summed E-state index contributed by atoms with van der Waals surface area (Å²) in [5.41, 5.74) is 2.23. The van der Waals surface area contributed by atoms with Crippen LogP contribution in [0.3, 0.4) is 0 Å². The van der Waals surface area contributed by atoms with E-state index in [1.165, 1.54) is 5.56 Å². The van der Waals surface area contributed by atoms with Crippen LogP contribution in [0, 0.1) is 0 Å². The molecule has 100 valence electrons. The van der Waals surface area contributed by atoms with Crippen LogP contribution in [0.4, 0.5) is 0 Å². The molecule has 0 radical (unpaired) electrons. The van der Waals surface area contributed by atoms with Crippen LogP contribution in [0.2, 0.25) is 0 Å². The zero-order valence-corrected chi connectivity index (χ0v) is 11.5. The second-order valence-corrected chi connectivity index (χ2v) is 4.82. The monoisotopic (exact) mass is 255 g/mol. The second kappa shape index (κ2) is 6.39. The molecule has 0 aromatic heterocycles. The van der Waals surface area contributed by atoms with E-state index in [1.54, 1.807) is 6.07 Å². The van der Waals surface area contributed by atoms with Crippen molar-refractivity contribution in [3.8, 4) is 5.75 Å². The van der Waals surface area contributed by atoms with Gasteiger partial charge < -0.3 is 10.4 Å². The lowest BCUT2D eigenvalue weighted by atomic mass is 10.0. The minimum absolute atomic E-state index is 0.117. The molecule has 0 heterocycles. The lowest BCUT2D eigenvalue weighted by molar-refractivity contribution is 0.424. The molecule has 2 N–H and O–H groups in total. The molecule has 0 spiro atoms. The number of phenols is 1. The minimum atomic E-state index is 0.117. The fourth-order valence-electron chi connectivity index (χ4n) is 2.38. The third-order valence-electron chi connectivity index (χ3n) is 3.46. The fourth-order valence-corrected chi connectivity index (χ4v) is 2.38. The van der Waals surface area contributed by atoms with E-state index in [-0.39, 0.29) is 6.04 Å². The normalized spacial score (nSPS) is 14.0. The van der Waals surface area contributed by atoms with E-state index in [2.05, 4.69) is 43.4 Å². The van der Waals surface area contributed by atoms with E-state index in [0.29, 0.717) is 11.8 Å². The average Bonchev–Trinajstić information content (AvgIpc) is 2.46. The fraction of sp³-hybridized carbons (Fsp3) is 0.294. The summed E-state index contributed by atoms with van der Waals surface area (Å²) in [5.74, 6) is 0.352. The first-order chi connectivity index (χ1) is 9.22. The van der Waals surface area contributed by atoms with E-state index in [4.69, 9.17) is 0 Å². The Morgan fingerprint density at radius 2 is 1.63 bits per heavy atom. The minimum Gasteiger partial charge on any atom is -0.508 e. The van der Waals surface area contributed by atoms with Crippen LogP contribution in [0.15, 0.2) is 54.6 Å². The molecule has 0 aliphatic heterocycles. The Hall–Kier alpha value is -1.80. The Kier molecular flexibility index (Phi) is 4.58. The van der Waals surface area contributed by atoms with E-state index >= 15 is 0 Å². The van der Waals surface area contributed by atoms with Crippen molar-refractivity contribution in [2.75, 3.05) is 0 Å². The number of benzene rings is 2. The molecule has 2 aromatic carbocycles. The van der Waals surface area contributed by atoms with Gasteiger partial charge in [-0.1, -0.05) is 55.5 Å². The highest BCUT2D eigenvalue weighted by molar-refractivity contribution is 5.34. The van der Waals surface area contributed by atoms with Crippen molar-refractivity contribution in [2.45, 2.75) is 32.4 Å². The third-order valence-corrected chi connectivity index (χ3v) is 3.46. The van der Waals surface area contributed by atoms with Crippen LogP contribution in [0.25, 0.3) is 0 Å². The molecular weight excluding hydrogens is 234 g/mol. The number of rotatable bonds is 5. The topological polar surface area (TPSA) is 32.3 Å². The van der Waals surface area contributed by atoms with Crippen LogP contribution in [-0.4, -0.2) is 5.11 Å². The zero-order chi connectivity index (χ0) is 13.7. The number of phenolic OH excluding ortho intramolecular Hbond substituents is 1. The van der Waals surface area contributed by atoms with Gasteiger partial charge in [-0.25, -0.2) is 0 Å². The molecule has 0 aliphatic carbocycles. The summed E-state index contributed by atoms with van der Waals surface area (Å²) < 4.78 is 0. The first-order valence-electron chi connectivity index (χ1n) is 6.81. The lowest BCUT2D eigenvalue weighted by Crippen LogP contribution is -2.24. The highest BCUT2D eigenvalue weighted by Gasteiger charge is 2.15. The second-order valence-electron chi connectivity index (χ2n) is 4.82. The van der Waals surface area contributed by atoms with Gasteiger partial charge in [-0.05, 0) is 25.0 Å². The van der Waals surface area contributed by atoms with E-state index < -0.39 is 0 Å². The molecule has 0 aliphatic rings. The van der Waals surface area contributed by atoms with Gasteiger partial charge >= 0.3 is 0 Å². The quantitative estimate of drug-likeness (QED) is 0.839. The molecule has 2 heteroatoms. The van der Waals surface area contributed by atoms with Gasteiger partial charge in [0.1, 0.15) is 5.75 Å². The maximum Gasteiger partial charge on any atom is 0.120 e. The van der Waals surface area contributed by atoms with Gasteiger partial charge in [0, 0.05) is 17.6 Å². The molecule has 0 saturated carbocycles. The Morgan fingerprint density at radius 1 is 1.00 bits per heavy atom. The Bertz CT molecular complexity index is 510. The molecule has 2 atom stereocenters. The molecule has 0 fully saturated rings. The van der Waals surface area contributed by atoms with Gasteiger partial charge in [-0.15, -0.1) is 0 Å². The number of hydrogen-bond donors (Lipinski definition) is 2. The highest BCUT2D eigenvalue weighted by Crippen LogP contribution is 2.27. The van der Waals surface area contributed by atoms with Gasteiger partial charge in [0.15, 0.2) is 0 Å². The lowest BCUT2D eigenvalue weighted by Gasteiger charge is -2.23. The summed E-state index contributed by atoms with van der Waals surface area (Å²) >= 11 is 0. The smallest absolute Gasteiger partial charge is 0.120 e. The van der Waals surface area contributed by atoms with Crippen molar-refractivity contribution >= 4 is 0 Å². The van der Waals surface area contributed by atoms with Gasteiger partial charge in [-0.3, -0.25) is 0 Å². The molecule has 2 unspecified atom stereocenters. The van der Waals surface area contributed by atoms with Crippen LogP contribution in [0.5, 0.6) is 5.75 Å². The Morgan fingerprint density at radius 3 is 2.26 bits per heavy atom. The standard InChI is InChI=1S/C17H21NO/c1-3-16(14-9-5-4-6-10-14)18-13(2)15-11-7-8-12-17(15)19/h4-13,16,18-19H,3H2,1-2H3. The van der Waals surface area contributed by atoms with Crippen molar-refractivity contribution in [3.05, 3.63) is 65.7 Å². The predicted octanol–water partition coefficient (Wildman–Crippen LogP) is 4.19. The van der Waals surface area contributed by atoms with E-state index in [0.717, 1.165) is 12.0 Å². The first-order valence-corrected chi connectivity index (χ1v) is 6.81. The van der Waals surface area contributed by atoms with Gasteiger partial charge in [0.25, 0.3) is 0 Å². The summed E-state index contributed by atoms with van der Waals surface area (Å²) in [4.78, 5) is 0. The summed E-state index contributed by atoms with van der Waals surface area (Å²) in [5, 5.41) is 13.5. The van der Waals surface area contributed by atoms with Crippen LogP contribution >= 0.6 is 0 Å². The summed E-state index contributed by atoms with van der Waals surface area (Å²) in [6.07, 6.45) is 1.02. The molecular formula is C17H21NO. The number of aromatic hydroxyl groups is 1. The number of para-hydroxylation sites is 1. The predicted molar refractivity (Wildman–Crippen MR) is 79.1 cm³/mol. The maximum absolute atomic E-state index is 9.90. The number of hydrogen-bond acceptors (Lipinski definition) is 2. The molecule has 0 bridgehead atoms. The molecule has 0 amide bonds. The van der Waals surface area contributed by atoms with Crippen molar-refractivity contribution < 1.29 is 5.11 Å². The Balaban J connectivity index is 2.13. The van der Waals surface area contributed by atoms with Gasteiger partial charge in [-0.2, -0.15) is 0 Å². The van der Waals surface area contributed by atoms with Crippen LogP contribution < -0.4 is 5.32 Å². The zero-order valence-electron chi connectivity index (χ0n) is 11.5. The molecule has 0 saturated heterocycles. The maximum atomic E-state index is 9.90. The van der Waals surface area contributed by atoms with Gasteiger partial charge in [0.2, 0.25) is 0 Å². The summed E-state index contributed by atoms with van der Waals surface area (Å²) in [6.45, 7) is 4.25. The van der Waals surface area contributed by atoms with Crippen LogP contribution in [0.1, 0.15) is 43.5 Å². The van der Waals surface area contributed by atoms with E-state index in [1.807, 2.05) is 24.3 Å². The SMILES string of the molecule is CCC(NC(C)c1ccccc1O)c1ccccc1. The highest BCUT2D eigenvalue weighted by atomic mass is 16.3. The van der Waals surface area contributed by atoms with Crippen molar-refractivity contribution in [3.63, 3.8) is 0 Å². The number of nitrogens with one attached hydrogen (secondary N) is 1. The summed E-state index contributed by atoms with van der Waals surface area (Å²) in [7, 11) is 0. The van der Waals surface area contributed by atoms with Crippen molar-refractivity contribution in [1.82, 2.24) is 5.32 Å². The van der Waals surface area contributed by atoms with Crippen LogP contribution in [-0.2, 0) is 0 Å². The molecule has 2 aromatic rings. The first kappa shape index (κ1) is 13.6. The average molecular weight is 255 g/mol. The molecule has 19 heavy (non-hydrogen) atoms. The van der Waals surface area contributed by atoms with Gasteiger partial charge in [0.05, 0.1) is 0 Å². The summed E-state index contributed by atoms with van der Waals surface area (Å²) in [6, 6.07) is 18.3. The largest absolute Gasteiger partial charge is 0.508 e.